The number of piperidine rings is 1. The van der Waals surface area contributed by atoms with Crippen molar-refractivity contribution in [1.29, 1.82) is 0 Å². The topological polar surface area (TPSA) is 105 Å². The molecular formula is C22H24N4O3. The van der Waals surface area contributed by atoms with Crippen LogP contribution in [0.3, 0.4) is 0 Å². The van der Waals surface area contributed by atoms with E-state index in [4.69, 9.17) is 5.73 Å². The van der Waals surface area contributed by atoms with Gasteiger partial charge in [-0.05, 0) is 34.7 Å². The summed E-state index contributed by atoms with van der Waals surface area (Å²) in [6, 6.07) is 13.4. The Kier molecular flexibility index (Phi) is 5.42. The zero-order valence-corrected chi connectivity index (χ0v) is 16.1. The van der Waals surface area contributed by atoms with Gasteiger partial charge in [-0.1, -0.05) is 36.4 Å². The molecule has 2 aromatic rings. The Balaban J connectivity index is 1.38. The molecule has 2 aliphatic rings. The number of nitrogens with two attached hydrogens (primary N) is 1. The first-order valence-corrected chi connectivity index (χ1v) is 9.80. The summed E-state index contributed by atoms with van der Waals surface area (Å²) < 4.78 is 0. The molecule has 1 unspecified atom stereocenters. The minimum Gasteiger partial charge on any atom is -0.326 e. The number of nitrogens with zero attached hydrogens (tertiary/aromatic N) is 1. The van der Waals surface area contributed by atoms with Crippen LogP contribution in [0.1, 0.15) is 45.5 Å². The lowest BCUT2D eigenvalue weighted by Gasteiger charge is -2.29. The van der Waals surface area contributed by atoms with Crippen molar-refractivity contribution in [3.8, 4) is 0 Å². The van der Waals surface area contributed by atoms with Crippen LogP contribution < -0.4 is 16.4 Å². The average molecular weight is 392 g/mol. The fourth-order valence-electron chi connectivity index (χ4n) is 3.86. The van der Waals surface area contributed by atoms with Crippen LogP contribution in [0.15, 0.2) is 42.5 Å². The lowest BCUT2D eigenvalue weighted by molar-refractivity contribution is -0.136. The number of rotatable bonds is 6. The van der Waals surface area contributed by atoms with Gasteiger partial charge in [0.05, 0.1) is 0 Å². The molecule has 1 saturated heterocycles. The minimum atomic E-state index is -0.578. The first-order valence-electron chi connectivity index (χ1n) is 9.80. The van der Waals surface area contributed by atoms with Crippen LogP contribution in [0.4, 0.5) is 0 Å². The molecule has 0 aliphatic carbocycles. The Morgan fingerprint density at radius 1 is 1.00 bits per heavy atom. The summed E-state index contributed by atoms with van der Waals surface area (Å²) in [6.07, 6.45) is 0.639. The summed E-state index contributed by atoms with van der Waals surface area (Å²) >= 11 is 0. The Morgan fingerprint density at radius 2 is 1.69 bits per heavy atom. The molecule has 3 amide bonds. The SMILES string of the molecule is NCc1ccc(CNCc2ccc3c(c2)C(=O)N(C2CCC(=O)NC2=O)C3)cc1. The summed E-state index contributed by atoms with van der Waals surface area (Å²) in [5.41, 5.74) is 10.5. The number of amides is 3. The van der Waals surface area contributed by atoms with Crippen LogP contribution in [0.2, 0.25) is 0 Å². The van der Waals surface area contributed by atoms with Gasteiger partial charge in [0, 0.05) is 38.2 Å². The van der Waals surface area contributed by atoms with E-state index in [0.29, 0.717) is 31.6 Å². The van der Waals surface area contributed by atoms with Crippen molar-refractivity contribution in [2.75, 3.05) is 0 Å². The fourth-order valence-corrected chi connectivity index (χ4v) is 3.86. The fraction of sp³-hybridized carbons (Fsp3) is 0.318. The average Bonchev–Trinajstić information content (AvgIpc) is 3.04. The van der Waals surface area contributed by atoms with Gasteiger partial charge >= 0.3 is 0 Å². The van der Waals surface area contributed by atoms with Crippen LogP contribution in [0.25, 0.3) is 0 Å². The second-order valence-electron chi connectivity index (χ2n) is 7.52. The summed E-state index contributed by atoms with van der Waals surface area (Å²) in [4.78, 5) is 37.9. The number of benzene rings is 2. The molecule has 1 atom stereocenters. The molecule has 2 aromatic carbocycles. The van der Waals surface area contributed by atoms with Crippen molar-refractivity contribution in [2.45, 2.75) is 45.1 Å². The summed E-state index contributed by atoms with van der Waals surface area (Å²) in [6.45, 7) is 2.30. The van der Waals surface area contributed by atoms with E-state index in [9.17, 15) is 14.4 Å². The van der Waals surface area contributed by atoms with E-state index in [0.717, 1.165) is 23.2 Å². The predicted molar refractivity (Wildman–Crippen MR) is 107 cm³/mol. The maximum Gasteiger partial charge on any atom is 0.255 e. The second-order valence-corrected chi connectivity index (χ2v) is 7.52. The van der Waals surface area contributed by atoms with Crippen molar-refractivity contribution in [2.24, 2.45) is 5.73 Å². The molecule has 0 aromatic heterocycles. The Labute approximate surface area is 169 Å². The Hall–Kier alpha value is -3.03. The van der Waals surface area contributed by atoms with Gasteiger partial charge in [0.25, 0.3) is 5.91 Å². The summed E-state index contributed by atoms with van der Waals surface area (Å²) in [7, 11) is 0. The second kappa shape index (κ2) is 8.14. The predicted octanol–water partition coefficient (Wildman–Crippen LogP) is 1.20. The zero-order valence-electron chi connectivity index (χ0n) is 16.1. The van der Waals surface area contributed by atoms with Gasteiger partial charge in [-0.25, -0.2) is 0 Å². The highest BCUT2D eigenvalue weighted by Gasteiger charge is 2.38. The molecule has 4 N–H and O–H groups in total. The van der Waals surface area contributed by atoms with Gasteiger partial charge in [-0.2, -0.15) is 0 Å². The number of nitrogens with one attached hydrogen (secondary N) is 2. The van der Waals surface area contributed by atoms with Crippen molar-refractivity contribution < 1.29 is 14.4 Å². The quantitative estimate of drug-likeness (QED) is 0.641. The highest BCUT2D eigenvalue weighted by molar-refractivity contribution is 6.05. The summed E-state index contributed by atoms with van der Waals surface area (Å²) in [5.74, 6) is -0.805. The van der Waals surface area contributed by atoms with Gasteiger partial charge in [0.1, 0.15) is 6.04 Å². The molecule has 2 aliphatic heterocycles. The van der Waals surface area contributed by atoms with E-state index in [1.807, 2.05) is 30.3 Å². The van der Waals surface area contributed by atoms with Gasteiger partial charge in [-0.15, -0.1) is 0 Å². The van der Waals surface area contributed by atoms with E-state index in [-0.39, 0.29) is 24.1 Å². The standard InChI is InChI=1S/C22H24N4O3/c23-10-14-1-3-15(4-2-14)11-24-12-16-5-6-17-13-26(22(29)18(17)9-16)19-7-8-20(27)25-21(19)28/h1-6,9,19,24H,7-8,10-13,23H2,(H,25,27,28). The molecule has 0 spiro atoms. The van der Waals surface area contributed by atoms with E-state index in [1.165, 1.54) is 5.56 Å². The number of carbonyl (C=O) groups excluding carboxylic acids is 3. The minimum absolute atomic E-state index is 0.145. The number of fused-ring (bicyclic) bond motifs is 1. The van der Waals surface area contributed by atoms with Gasteiger partial charge in [0.15, 0.2) is 0 Å². The molecule has 7 nitrogen and oxygen atoms in total. The Morgan fingerprint density at radius 3 is 2.41 bits per heavy atom. The number of hydrogen-bond acceptors (Lipinski definition) is 5. The molecule has 4 rings (SSSR count). The van der Waals surface area contributed by atoms with Crippen molar-refractivity contribution in [3.05, 3.63) is 70.3 Å². The van der Waals surface area contributed by atoms with Crippen molar-refractivity contribution in [3.63, 3.8) is 0 Å². The maximum absolute atomic E-state index is 12.9. The first kappa shape index (κ1) is 19.3. The summed E-state index contributed by atoms with van der Waals surface area (Å²) in [5, 5.41) is 5.72. The van der Waals surface area contributed by atoms with Gasteiger partial charge in [-0.3, -0.25) is 19.7 Å². The van der Waals surface area contributed by atoms with Gasteiger partial charge < -0.3 is 16.0 Å². The molecule has 7 heteroatoms. The van der Waals surface area contributed by atoms with Crippen LogP contribution in [0, 0.1) is 0 Å². The molecule has 2 heterocycles. The lowest BCUT2D eigenvalue weighted by Crippen LogP contribution is -2.52. The normalized spacial score (nSPS) is 18.7. The largest absolute Gasteiger partial charge is 0.326 e. The third-order valence-corrected chi connectivity index (χ3v) is 5.51. The van der Waals surface area contributed by atoms with Crippen LogP contribution in [-0.4, -0.2) is 28.7 Å². The zero-order chi connectivity index (χ0) is 20.4. The molecule has 1 fully saturated rings. The maximum atomic E-state index is 12.9. The third kappa shape index (κ3) is 4.06. The van der Waals surface area contributed by atoms with Crippen molar-refractivity contribution >= 4 is 17.7 Å². The van der Waals surface area contributed by atoms with E-state index >= 15 is 0 Å². The molecule has 29 heavy (non-hydrogen) atoms. The molecule has 150 valence electrons. The monoisotopic (exact) mass is 392 g/mol. The molecule has 0 radical (unpaired) electrons. The van der Waals surface area contributed by atoms with Crippen LogP contribution >= 0.6 is 0 Å². The number of imide groups is 1. The first-order chi connectivity index (χ1) is 14.0. The van der Waals surface area contributed by atoms with Crippen LogP contribution in [0.5, 0.6) is 0 Å². The van der Waals surface area contributed by atoms with Crippen LogP contribution in [-0.2, 0) is 35.8 Å². The smallest absolute Gasteiger partial charge is 0.255 e. The van der Waals surface area contributed by atoms with Gasteiger partial charge in [0.2, 0.25) is 11.8 Å². The van der Waals surface area contributed by atoms with E-state index in [2.05, 4.69) is 22.8 Å². The number of hydrogen-bond donors (Lipinski definition) is 3. The highest BCUT2D eigenvalue weighted by atomic mass is 16.2. The Bertz CT molecular complexity index is 955. The molecule has 0 saturated carbocycles. The lowest BCUT2D eigenvalue weighted by atomic mass is 10.0. The number of carbonyl (C=O) groups is 3. The molecule has 0 bridgehead atoms. The third-order valence-electron chi connectivity index (χ3n) is 5.51. The molecular weight excluding hydrogens is 368 g/mol. The highest BCUT2D eigenvalue weighted by Crippen LogP contribution is 2.28. The van der Waals surface area contributed by atoms with Crippen molar-refractivity contribution in [1.82, 2.24) is 15.5 Å². The van der Waals surface area contributed by atoms with E-state index < -0.39 is 6.04 Å². The van der Waals surface area contributed by atoms with E-state index in [1.54, 1.807) is 4.90 Å².